The molecule has 174 valence electrons. The Kier molecular flexibility index (Phi) is 6.81. The average Bonchev–Trinajstić information content (AvgIpc) is 3.04. The number of hydrogen-bond donors (Lipinski definition) is 0. The van der Waals surface area contributed by atoms with E-state index in [0.717, 1.165) is 47.8 Å². The van der Waals surface area contributed by atoms with Crippen molar-refractivity contribution in [3.8, 4) is 0 Å². The number of nitrogens with zero attached hydrogens (tertiary/aromatic N) is 4. The molecule has 0 bridgehead atoms. The minimum Gasteiger partial charge on any atom is -0.355 e. The molecule has 7 heteroatoms. The van der Waals surface area contributed by atoms with Crippen molar-refractivity contribution in [2.24, 2.45) is 0 Å². The minimum absolute atomic E-state index is 0.357. The number of anilines is 1. The molecule has 0 aliphatic carbocycles. The van der Waals surface area contributed by atoms with E-state index in [0.29, 0.717) is 24.5 Å². The lowest BCUT2D eigenvalue weighted by atomic mass is 10.0. The quantitative estimate of drug-likeness (QED) is 0.566. The molecule has 2 aromatic carbocycles. The summed E-state index contributed by atoms with van der Waals surface area (Å²) in [5, 5.41) is 0. The summed E-state index contributed by atoms with van der Waals surface area (Å²) >= 11 is 0. The molecule has 0 atom stereocenters. The molecule has 1 aliphatic rings. The van der Waals surface area contributed by atoms with Gasteiger partial charge in [-0.2, -0.15) is 4.31 Å². The van der Waals surface area contributed by atoms with Crippen molar-refractivity contribution < 1.29 is 8.42 Å². The van der Waals surface area contributed by atoms with E-state index in [1.807, 2.05) is 32.9 Å². The monoisotopic (exact) mass is 464 g/mol. The average molecular weight is 465 g/mol. The van der Waals surface area contributed by atoms with Crippen molar-refractivity contribution in [3.05, 3.63) is 82.3 Å². The molecule has 0 spiro atoms. The summed E-state index contributed by atoms with van der Waals surface area (Å²) in [6, 6.07) is 15.6. The highest BCUT2D eigenvalue weighted by molar-refractivity contribution is 7.89. The number of benzene rings is 2. The third-order valence-corrected chi connectivity index (χ3v) is 8.13. The van der Waals surface area contributed by atoms with Crippen molar-refractivity contribution in [2.75, 3.05) is 31.1 Å². The molecule has 2 heterocycles. The second kappa shape index (κ2) is 9.61. The highest BCUT2D eigenvalue weighted by Crippen LogP contribution is 2.26. The van der Waals surface area contributed by atoms with E-state index in [1.165, 1.54) is 11.1 Å². The van der Waals surface area contributed by atoms with Crippen LogP contribution >= 0.6 is 0 Å². The highest BCUT2D eigenvalue weighted by atomic mass is 32.2. The maximum absolute atomic E-state index is 13.2. The van der Waals surface area contributed by atoms with Crippen molar-refractivity contribution >= 4 is 15.8 Å². The second-order valence-corrected chi connectivity index (χ2v) is 10.8. The minimum atomic E-state index is -3.51. The number of aryl methyl sites for hydroxylation is 4. The van der Waals surface area contributed by atoms with Gasteiger partial charge in [0.2, 0.25) is 10.0 Å². The van der Waals surface area contributed by atoms with Crippen LogP contribution in [-0.4, -0.2) is 48.9 Å². The summed E-state index contributed by atoms with van der Waals surface area (Å²) in [7, 11) is -3.51. The van der Waals surface area contributed by atoms with Crippen molar-refractivity contribution in [1.82, 2.24) is 14.3 Å². The van der Waals surface area contributed by atoms with Crippen molar-refractivity contribution in [1.29, 1.82) is 0 Å². The normalized spacial score (nSPS) is 15.5. The zero-order valence-electron chi connectivity index (χ0n) is 19.9. The number of sulfonamides is 1. The van der Waals surface area contributed by atoms with Crippen molar-refractivity contribution in [3.63, 3.8) is 0 Å². The molecule has 0 amide bonds. The van der Waals surface area contributed by atoms with Gasteiger partial charge in [0.05, 0.1) is 4.90 Å². The van der Waals surface area contributed by atoms with Gasteiger partial charge in [0.15, 0.2) is 0 Å². The molecule has 1 aliphatic heterocycles. The summed E-state index contributed by atoms with van der Waals surface area (Å²) in [6.07, 6.45) is 1.50. The predicted octanol–water partition coefficient (Wildman–Crippen LogP) is 4.20. The van der Waals surface area contributed by atoms with Gasteiger partial charge in [-0.05, 0) is 51.8 Å². The Morgan fingerprint density at radius 2 is 1.42 bits per heavy atom. The summed E-state index contributed by atoms with van der Waals surface area (Å²) in [6.45, 7) is 10.3. The molecular weight excluding hydrogens is 432 g/mol. The lowest BCUT2D eigenvalue weighted by Gasteiger charge is -2.26. The maximum Gasteiger partial charge on any atom is 0.243 e. The third-order valence-electron chi connectivity index (χ3n) is 6.22. The Balaban J connectivity index is 1.59. The number of rotatable bonds is 5. The predicted molar refractivity (Wildman–Crippen MR) is 132 cm³/mol. The fraction of sp³-hybridized carbons (Fsp3) is 0.385. The topological polar surface area (TPSA) is 66.4 Å². The Morgan fingerprint density at radius 3 is 2.09 bits per heavy atom. The Hall–Kier alpha value is -2.77. The summed E-state index contributed by atoms with van der Waals surface area (Å²) < 4.78 is 28.0. The lowest BCUT2D eigenvalue weighted by molar-refractivity contribution is 0.433. The van der Waals surface area contributed by atoms with Gasteiger partial charge in [0, 0.05) is 43.9 Å². The molecule has 0 unspecified atom stereocenters. The van der Waals surface area contributed by atoms with Crippen LogP contribution in [0.5, 0.6) is 0 Å². The first-order valence-electron chi connectivity index (χ1n) is 11.5. The molecule has 1 saturated heterocycles. The van der Waals surface area contributed by atoms with E-state index < -0.39 is 10.0 Å². The lowest BCUT2D eigenvalue weighted by Crippen LogP contribution is -2.35. The summed E-state index contributed by atoms with van der Waals surface area (Å²) in [5.74, 6) is 1.67. The standard InChI is InChI=1S/C26H32N4O2S/c1-19-6-10-23(11-7-19)18-25-21(3)27-22(4)28-26(25)29-14-5-15-30(17-16-29)33(31,32)24-12-8-20(2)9-13-24/h6-13H,5,14-18H2,1-4H3. The first-order valence-corrected chi connectivity index (χ1v) is 12.9. The Labute approximate surface area is 197 Å². The molecule has 4 rings (SSSR count). The molecule has 1 aromatic heterocycles. The summed E-state index contributed by atoms with van der Waals surface area (Å²) in [4.78, 5) is 12.0. The van der Waals surface area contributed by atoms with Crippen LogP contribution in [0.3, 0.4) is 0 Å². The second-order valence-electron chi connectivity index (χ2n) is 8.88. The molecule has 0 radical (unpaired) electrons. The van der Waals surface area contributed by atoms with E-state index in [2.05, 4.69) is 41.1 Å². The van der Waals surface area contributed by atoms with Gasteiger partial charge in [-0.1, -0.05) is 47.5 Å². The molecule has 33 heavy (non-hydrogen) atoms. The third kappa shape index (κ3) is 5.25. The SMILES string of the molecule is Cc1ccc(Cc2c(C)nc(C)nc2N2CCCN(S(=O)(=O)c3ccc(C)cc3)CC2)cc1. The van der Waals surface area contributed by atoms with Gasteiger partial charge in [0.25, 0.3) is 0 Å². The zero-order valence-corrected chi connectivity index (χ0v) is 20.7. The molecule has 0 N–H and O–H groups in total. The molecule has 3 aromatic rings. The Morgan fingerprint density at radius 1 is 0.788 bits per heavy atom. The van der Waals surface area contributed by atoms with Crippen LogP contribution in [0.2, 0.25) is 0 Å². The van der Waals surface area contributed by atoms with E-state index in [9.17, 15) is 8.42 Å². The fourth-order valence-electron chi connectivity index (χ4n) is 4.30. The smallest absolute Gasteiger partial charge is 0.243 e. The van der Waals surface area contributed by atoms with Gasteiger partial charge in [-0.15, -0.1) is 0 Å². The van der Waals surface area contributed by atoms with Crippen molar-refractivity contribution in [2.45, 2.75) is 45.4 Å². The van der Waals surface area contributed by atoms with Crippen LogP contribution in [0.15, 0.2) is 53.4 Å². The van der Waals surface area contributed by atoms with Gasteiger partial charge in [0.1, 0.15) is 11.6 Å². The Bertz CT molecular complexity index is 1220. The zero-order chi connectivity index (χ0) is 23.6. The van der Waals surface area contributed by atoms with Crippen LogP contribution in [0.25, 0.3) is 0 Å². The molecule has 1 fully saturated rings. The van der Waals surface area contributed by atoms with Crippen LogP contribution in [0.4, 0.5) is 5.82 Å². The van der Waals surface area contributed by atoms with E-state index >= 15 is 0 Å². The van der Waals surface area contributed by atoms with E-state index in [4.69, 9.17) is 4.98 Å². The fourth-order valence-corrected chi connectivity index (χ4v) is 5.77. The molecule has 0 saturated carbocycles. The van der Waals surface area contributed by atoms with Crippen LogP contribution in [0.1, 0.15) is 40.2 Å². The van der Waals surface area contributed by atoms with Crippen LogP contribution in [-0.2, 0) is 16.4 Å². The summed E-state index contributed by atoms with van der Waals surface area (Å²) in [5.41, 5.74) is 5.59. The maximum atomic E-state index is 13.2. The first kappa shape index (κ1) is 23.4. The number of aromatic nitrogens is 2. The largest absolute Gasteiger partial charge is 0.355 e. The van der Waals surface area contributed by atoms with E-state index in [1.54, 1.807) is 16.4 Å². The van der Waals surface area contributed by atoms with Gasteiger partial charge < -0.3 is 4.90 Å². The van der Waals surface area contributed by atoms with Gasteiger partial charge in [-0.25, -0.2) is 18.4 Å². The van der Waals surface area contributed by atoms with Crippen LogP contribution in [0, 0.1) is 27.7 Å². The molecule has 6 nitrogen and oxygen atoms in total. The number of hydrogen-bond acceptors (Lipinski definition) is 5. The van der Waals surface area contributed by atoms with Gasteiger partial charge in [-0.3, -0.25) is 0 Å². The van der Waals surface area contributed by atoms with Gasteiger partial charge >= 0.3 is 0 Å². The molecular formula is C26H32N4O2S. The van der Waals surface area contributed by atoms with Crippen LogP contribution < -0.4 is 4.90 Å². The first-order chi connectivity index (χ1) is 15.7. The van der Waals surface area contributed by atoms with E-state index in [-0.39, 0.29) is 0 Å². The highest BCUT2D eigenvalue weighted by Gasteiger charge is 2.28.